The molecular weight excluding hydrogens is 266 g/mol. The molecule has 0 spiro atoms. The van der Waals surface area contributed by atoms with Crippen molar-refractivity contribution in [3.05, 3.63) is 56.0 Å². The van der Waals surface area contributed by atoms with Gasteiger partial charge in [0, 0.05) is 18.3 Å². The fourth-order valence-electron chi connectivity index (χ4n) is 1.86. The molecular formula is C13H10ClN3O2. The number of aromatic nitrogens is 2. The minimum Gasteiger partial charge on any atom is -0.299 e. The van der Waals surface area contributed by atoms with E-state index in [4.69, 9.17) is 16.9 Å². The fraction of sp³-hybridized carbons (Fsp3) is 0.154. The highest BCUT2D eigenvalue weighted by molar-refractivity contribution is 6.35. The van der Waals surface area contributed by atoms with Crippen LogP contribution < -0.4 is 5.56 Å². The number of halogens is 1. The van der Waals surface area contributed by atoms with E-state index >= 15 is 0 Å². The molecule has 2 rings (SSSR count). The fourth-order valence-corrected chi connectivity index (χ4v) is 2.12. The summed E-state index contributed by atoms with van der Waals surface area (Å²) in [4.78, 5) is 24.2. The van der Waals surface area contributed by atoms with Crippen molar-refractivity contribution in [2.75, 3.05) is 0 Å². The van der Waals surface area contributed by atoms with Gasteiger partial charge in [-0.15, -0.1) is 0 Å². The van der Waals surface area contributed by atoms with Crippen LogP contribution in [0.1, 0.15) is 27.2 Å². The first-order chi connectivity index (χ1) is 8.95. The maximum atomic E-state index is 12.3. The number of aromatic amines is 1. The number of aryl methyl sites for hydroxylation is 2. The van der Waals surface area contributed by atoms with Gasteiger partial charge in [0.1, 0.15) is 5.56 Å². The van der Waals surface area contributed by atoms with Crippen LogP contribution in [0.4, 0.5) is 0 Å². The molecule has 0 saturated carbocycles. The van der Waals surface area contributed by atoms with Gasteiger partial charge in [-0.2, -0.15) is 5.26 Å². The van der Waals surface area contributed by atoms with Gasteiger partial charge < -0.3 is 0 Å². The largest absolute Gasteiger partial charge is 0.299 e. The Labute approximate surface area is 114 Å². The number of rotatable bonds is 2. The van der Waals surface area contributed by atoms with E-state index in [1.165, 1.54) is 29.9 Å². The summed E-state index contributed by atoms with van der Waals surface area (Å²) < 4.78 is 1.24. The molecule has 0 bridgehead atoms. The van der Waals surface area contributed by atoms with Crippen LogP contribution in [-0.2, 0) is 7.05 Å². The molecule has 0 aliphatic carbocycles. The summed E-state index contributed by atoms with van der Waals surface area (Å²) in [6.07, 6.45) is 0. The van der Waals surface area contributed by atoms with Crippen molar-refractivity contribution in [3.63, 3.8) is 0 Å². The summed E-state index contributed by atoms with van der Waals surface area (Å²) >= 11 is 5.97. The maximum Gasteiger partial charge on any atom is 0.277 e. The Morgan fingerprint density at radius 2 is 2.16 bits per heavy atom. The first kappa shape index (κ1) is 13.1. The van der Waals surface area contributed by atoms with Crippen LogP contribution in [0.15, 0.2) is 23.0 Å². The predicted molar refractivity (Wildman–Crippen MR) is 70.4 cm³/mol. The Kier molecular flexibility index (Phi) is 3.28. The Morgan fingerprint density at radius 1 is 1.47 bits per heavy atom. The van der Waals surface area contributed by atoms with Crippen molar-refractivity contribution >= 4 is 17.4 Å². The second kappa shape index (κ2) is 4.75. The molecule has 1 aromatic heterocycles. The highest BCUT2D eigenvalue weighted by atomic mass is 35.5. The molecule has 0 fully saturated rings. The topological polar surface area (TPSA) is 78.7 Å². The summed E-state index contributed by atoms with van der Waals surface area (Å²) in [6.45, 7) is 1.65. The summed E-state index contributed by atoms with van der Waals surface area (Å²) in [6, 6.07) is 6.28. The van der Waals surface area contributed by atoms with Crippen molar-refractivity contribution in [3.8, 4) is 6.07 Å². The van der Waals surface area contributed by atoms with E-state index in [0.717, 1.165) is 0 Å². The van der Waals surface area contributed by atoms with Crippen molar-refractivity contribution < 1.29 is 4.79 Å². The molecule has 1 heterocycles. The minimum absolute atomic E-state index is 0.0640. The zero-order valence-corrected chi connectivity index (χ0v) is 11.1. The monoisotopic (exact) mass is 275 g/mol. The number of nitriles is 1. The molecule has 0 atom stereocenters. The SMILES string of the molecule is Cc1[nH]n(C)c(=O)c1C(=O)c1ccc(C#N)cc1Cl. The number of nitrogens with one attached hydrogen (secondary N) is 1. The minimum atomic E-state index is -0.450. The zero-order chi connectivity index (χ0) is 14.2. The maximum absolute atomic E-state index is 12.3. The lowest BCUT2D eigenvalue weighted by molar-refractivity contribution is 0.103. The quantitative estimate of drug-likeness (QED) is 0.849. The third-order valence-electron chi connectivity index (χ3n) is 2.80. The molecule has 96 valence electrons. The van der Waals surface area contributed by atoms with Crippen LogP contribution in [0.3, 0.4) is 0 Å². The van der Waals surface area contributed by atoms with Crippen LogP contribution in [-0.4, -0.2) is 15.6 Å². The van der Waals surface area contributed by atoms with Crippen LogP contribution in [0, 0.1) is 18.3 Å². The Hall–Kier alpha value is -2.32. The highest BCUT2D eigenvalue weighted by Gasteiger charge is 2.21. The molecule has 6 heteroatoms. The normalized spacial score (nSPS) is 10.2. The molecule has 0 aliphatic heterocycles. The lowest BCUT2D eigenvalue weighted by Crippen LogP contribution is -2.19. The van der Waals surface area contributed by atoms with Crippen LogP contribution in [0.2, 0.25) is 5.02 Å². The predicted octanol–water partition coefficient (Wildman–Crippen LogP) is 1.78. The van der Waals surface area contributed by atoms with Gasteiger partial charge >= 0.3 is 0 Å². The number of carbonyl (C=O) groups excluding carboxylic acids is 1. The second-order valence-electron chi connectivity index (χ2n) is 4.11. The Balaban J connectivity index is 2.57. The van der Waals surface area contributed by atoms with E-state index in [1.54, 1.807) is 6.92 Å². The lowest BCUT2D eigenvalue weighted by Gasteiger charge is -2.02. The first-order valence-electron chi connectivity index (χ1n) is 5.45. The summed E-state index contributed by atoms with van der Waals surface area (Å²) in [7, 11) is 1.53. The Morgan fingerprint density at radius 3 is 2.63 bits per heavy atom. The molecule has 0 saturated heterocycles. The molecule has 0 aliphatic rings. The van der Waals surface area contributed by atoms with Crippen molar-refractivity contribution in [1.82, 2.24) is 9.78 Å². The second-order valence-corrected chi connectivity index (χ2v) is 4.52. The number of hydrogen-bond acceptors (Lipinski definition) is 3. The van der Waals surface area contributed by atoms with E-state index in [-0.39, 0.29) is 16.1 Å². The standard InChI is InChI=1S/C13H10ClN3O2/c1-7-11(13(19)17(2)16-7)12(18)9-4-3-8(6-15)5-10(9)14/h3-5,16H,1-2H3. The van der Waals surface area contributed by atoms with Gasteiger partial charge in [0.15, 0.2) is 0 Å². The van der Waals surface area contributed by atoms with E-state index in [9.17, 15) is 9.59 Å². The van der Waals surface area contributed by atoms with Crippen LogP contribution in [0.5, 0.6) is 0 Å². The molecule has 2 aromatic rings. The van der Waals surface area contributed by atoms with Gasteiger partial charge in [0.05, 0.1) is 16.7 Å². The van der Waals surface area contributed by atoms with Gasteiger partial charge in [-0.05, 0) is 25.1 Å². The summed E-state index contributed by atoms with van der Waals surface area (Å²) in [5.41, 5.74) is 0.718. The smallest absolute Gasteiger partial charge is 0.277 e. The van der Waals surface area contributed by atoms with Crippen LogP contribution >= 0.6 is 11.6 Å². The van der Waals surface area contributed by atoms with Crippen LogP contribution in [0.25, 0.3) is 0 Å². The molecule has 19 heavy (non-hydrogen) atoms. The molecule has 0 radical (unpaired) electrons. The third-order valence-corrected chi connectivity index (χ3v) is 3.11. The Bertz CT molecular complexity index is 765. The number of carbonyl (C=O) groups is 1. The van der Waals surface area contributed by atoms with E-state index in [2.05, 4.69) is 5.10 Å². The van der Waals surface area contributed by atoms with Gasteiger partial charge in [0.2, 0.25) is 5.78 Å². The van der Waals surface area contributed by atoms with E-state index < -0.39 is 11.3 Å². The molecule has 1 N–H and O–H groups in total. The molecule has 0 amide bonds. The average molecular weight is 276 g/mol. The van der Waals surface area contributed by atoms with Gasteiger partial charge in [-0.25, -0.2) is 0 Å². The highest BCUT2D eigenvalue weighted by Crippen LogP contribution is 2.20. The third kappa shape index (κ3) is 2.18. The van der Waals surface area contributed by atoms with Gasteiger partial charge in [0.25, 0.3) is 5.56 Å². The number of hydrogen-bond donors (Lipinski definition) is 1. The molecule has 1 aromatic carbocycles. The molecule has 5 nitrogen and oxygen atoms in total. The zero-order valence-electron chi connectivity index (χ0n) is 10.3. The molecule has 0 unspecified atom stereocenters. The number of benzene rings is 1. The summed E-state index contributed by atoms with van der Waals surface area (Å²) in [5, 5.41) is 11.7. The number of nitrogens with zero attached hydrogens (tertiary/aromatic N) is 2. The number of ketones is 1. The van der Waals surface area contributed by atoms with Crippen molar-refractivity contribution in [2.45, 2.75) is 6.92 Å². The van der Waals surface area contributed by atoms with Gasteiger partial charge in [-0.1, -0.05) is 11.6 Å². The van der Waals surface area contributed by atoms with E-state index in [0.29, 0.717) is 11.3 Å². The van der Waals surface area contributed by atoms with Crippen molar-refractivity contribution in [1.29, 1.82) is 5.26 Å². The average Bonchev–Trinajstić information content (AvgIpc) is 2.62. The van der Waals surface area contributed by atoms with E-state index in [1.807, 2.05) is 6.07 Å². The van der Waals surface area contributed by atoms with Crippen molar-refractivity contribution in [2.24, 2.45) is 7.05 Å². The summed E-state index contributed by atoms with van der Waals surface area (Å²) in [5.74, 6) is -0.450. The first-order valence-corrected chi connectivity index (χ1v) is 5.83. The lowest BCUT2D eigenvalue weighted by atomic mass is 10.0. The van der Waals surface area contributed by atoms with Gasteiger partial charge in [-0.3, -0.25) is 19.4 Å². The number of H-pyrrole nitrogens is 1.